The lowest BCUT2D eigenvalue weighted by atomic mass is 10.0. The normalized spacial score (nSPS) is 20.2. The lowest BCUT2D eigenvalue weighted by molar-refractivity contribution is 0.0689. The van der Waals surface area contributed by atoms with Crippen LogP contribution in [0.1, 0.15) is 45.9 Å². The van der Waals surface area contributed by atoms with E-state index in [9.17, 15) is 14.0 Å². The second-order valence-corrected chi connectivity index (χ2v) is 6.08. The van der Waals surface area contributed by atoms with E-state index in [-0.39, 0.29) is 35.1 Å². The molecule has 1 saturated heterocycles. The molecule has 24 heavy (non-hydrogen) atoms. The maximum Gasteiger partial charge on any atom is 0.354 e. The molecule has 1 amide bonds. The zero-order chi connectivity index (χ0) is 17.3. The number of carboxylic acids is 1. The van der Waals surface area contributed by atoms with E-state index < -0.39 is 5.97 Å². The Labute approximate surface area is 138 Å². The van der Waals surface area contributed by atoms with Gasteiger partial charge in [-0.05, 0) is 42.2 Å². The summed E-state index contributed by atoms with van der Waals surface area (Å²) in [5.41, 5.74) is 0.655. The Bertz CT molecular complexity index is 793. The highest BCUT2D eigenvalue weighted by Crippen LogP contribution is 2.36. The first-order chi connectivity index (χ1) is 11.5. The maximum absolute atomic E-state index is 13.5. The third-order valence-corrected chi connectivity index (χ3v) is 4.19. The van der Waals surface area contributed by atoms with Crippen molar-refractivity contribution in [3.63, 3.8) is 0 Å². The van der Waals surface area contributed by atoms with Gasteiger partial charge in [-0.1, -0.05) is 25.1 Å². The first kappa shape index (κ1) is 16.1. The van der Waals surface area contributed by atoms with Crippen molar-refractivity contribution < 1.29 is 19.1 Å². The van der Waals surface area contributed by atoms with Crippen LogP contribution in [0, 0.1) is 11.7 Å². The van der Waals surface area contributed by atoms with Gasteiger partial charge in [0.2, 0.25) is 0 Å². The van der Waals surface area contributed by atoms with Crippen LogP contribution in [0.5, 0.6) is 0 Å². The highest BCUT2D eigenvalue weighted by atomic mass is 19.1. The van der Waals surface area contributed by atoms with Crippen LogP contribution in [-0.4, -0.2) is 33.4 Å². The van der Waals surface area contributed by atoms with Crippen LogP contribution < -0.4 is 0 Å². The molecule has 0 saturated carbocycles. The third kappa shape index (κ3) is 3.13. The molecule has 1 fully saturated rings. The van der Waals surface area contributed by atoms with Gasteiger partial charge in [0.1, 0.15) is 17.2 Å². The summed E-state index contributed by atoms with van der Waals surface area (Å²) in [5.74, 6) is -1.59. The number of likely N-dealkylation sites (tertiary alicyclic amines) is 1. The van der Waals surface area contributed by atoms with Crippen LogP contribution >= 0.6 is 0 Å². The summed E-state index contributed by atoms with van der Waals surface area (Å²) in [6.07, 6.45) is 0.730. The van der Waals surface area contributed by atoms with Crippen LogP contribution in [0.25, 0.3) is 0 Å². The molecular weight excluding hydrogens is 311 g/mol. The van der Waals surface area contributed by atoms with E-state index in [1.165, 1.54) is 30.3 Å². The summed E-state index contributed by atoms with van der Waals surface area (Å²) < 4.78 is 13.5. The Hall–Kier alpha value is -2.76. The van der Waals surface area contributed by atoms with Crippen molar-refractivity contribution in [1.82, 2.24) is 9.88 Å². The molecule has 3 rings (SSSR count). The van der Waals surface area contributed by atoms with Gasteiger partial charge in [0.15, 0.2) is 0 Å². The molecule has 2 heterocycles. The summed E-state index contributed by atoms with van der Waals surface area (Å²) in [6.45, 7) is 2.56. The van der Waals surface area contributed by atoms with Gasteiger partial charge in [-0.25, -0.2) is 14.2 Å². The van der Waals surface area contributed by atoms with Gasteiger partial charge in [0.05, 0.1) is 6.04 Å². The lowest BCUT2D eigenvalue weighted by Crippen LogP contribution is -2.32. The molecule has 0 spiro atoms. The second kappa shape index (κ2) is 6.39. The van der Waals surface area contributed by atoms with E-state index in [2.05, 4.69) is 4.98 Å². The molecule has 1 N–H and O–H groups in total. The Morgan fingerprint density at radius 1 is 1.21 bits per heavy atom. The number of nitrogens with zero attached hydrogens (tertiary/aromatic N) is 2. The van der Waals surface area contributed by atoms with E-state index in [1.807, 2.05) is 6.92 Å². The number of pyridine rings is 1. The fraction of sp³-hybridized carbons (Fsp3) is 0.278. The quantitative estimate of drug-likeness (QED) is 0.939. The molecule has 124 valence electrons. The van der Waals surface area contributed by atoms with Crippen molar-refractivity contribution in [3.05, 3.63) is 65.2 Å². The van der Waals surface area contributed by atoms with E-state index in [0.717, 1.165) is 12.0 Å². The molecule has 0 radical (unpaired) electrons. The molecular formula is C18H17FN2O3. The summed E-state index contributed by atoms with van der Waals surface area (Å²) in [5, 5.41) is 9.03. The average molecular weight is 328 g/mol. The van der Waals surface area contributed by atoms with Crippen LogP contribution in [-0.2, 0) is 0 Å². The molecule has 2 atom stereocenters. The topological polar surface area (TPSA) is 70.5 Å². The van der Waals surface area contributed by atoms with Gasteiger partial charge in [-0.15, -0.1) is 0 Å². The summed E-state index contributed by atoms with van der Waals surface area (Å²) in [4.78, 5) is 29.4. The largest absolute Gasteiger partial charge is 0.477 e. The number of halogens is 1. The van der Waals surface area contributed by atoms with E-state index in [4.69, 9.17) is 5.11 Å². The van der Waals surface area contributed by atoms with Crippen LogP contribution in [0.3, 0.4) is 0 Å². The minimum Gasteiger partial charge on any atom is -0.477 e. The molecule has 5 nitrogen and oxygen atoms in total. The first-order valence-corrected chi connectivity index (χ1v) is 7.72. The van der Waals surface area contributed by atoms with Gasteiger partial charge in [0.25, 0.3) is 5.91 Å². The SMILES string of the molecule is CC1CC(c2cccc(F)c2)N(C(=O)c2cccc(C(=O)O)n2)C1. The number of carbonyl (C=O) groups is 2. The minimum atomic E-state index is -1.18. The van der Waals surface area contributed by atoms with E-state index in [1.54, 1.807) is 17.0 Å². The first-order valence-electron chi connectivity index (χ1n) is 7.72. The van der Waals surface area contributed by atoms with Crippen molar-refractivity contribution in [2.75, 3.05) is 6.54 Å². The smallest absolute Gasteiger partial charge is 0.354 e. The molecule has 0 aliphatic carbocycles. The fourth-order valence-corrected chi connectivity index (χ4v) is 3.12. The third-order valence-electron chi connectivity index (χ3n) is 4.19. The number of hydrogen-bond donors (Lipinski definition) is 1. The second-order valence-electron chi connectivity index (χ2n) is 6.08. The van der Waals surface area contributed by atoms with E-state index >= 15 is 0 Å². The number of aromatic carboxylic acids is 1. The molecule has 0 bridgehead atoms. The number of carboxylic acid groups (broad SMARTS) is 1. The number of carbonyl (C=O) groups excluding carboxylic acids is 1. The number of hydrogen-bond acceptors (Lipinski definition) is 3. The van der Waals surface area contributed by atoms with Crippen molar-refractivity contribution in [3.8, 4) is 0 Å². The van der Waals surface area contributed by atoms with Gasteiger partial charge >= 0.3 is 5.97 Å². The van der Waals surface area contributed by atoms with Crippen LogP contribution in [0.15, 0.2) is 42.5 Å². The zero-order valence-electron chi connectivity index (χ0n) is 13.1. The summed E-state index contributed by atoms with van der Waals surface area (Å²) in [6, 6.07) is 10.3. The summed E-state index contributed by atoms with van der Waals surface area (Å²) >= 11 is 0. The predicted molar refractivity (Wildman–Crippen MR) is 85.2 cm³/mol. The Morgan fingerprint density at radius 2 is 1.92 bits per heavy atom. The van der Waals surface area contributed by atoms with Crippen LogP contribution in [0.4, 0.5) is 4.39 Å². The highest BCUT2D eigenvalue weighted by molar-refractivity contribution is 5.94. The monoisotopic (exact) mass is 328 g/mol. The molecule has 2 unspecified atom stereocenters. The zero-order valence-corrected chi connectivity index (χ0v) is 13.1. The average Bonchev–Trinajstić information content (AvgIpc) is 2.96. The van der Waals surface area contributed by atoms with Gasteiger partial charge < -0.3 is 10.0 Å². The van der Waals surface area contributed by atoms with Crippen molar-refractivity contribution >= 4 is 11.9 Å². The summed E-state index contributed by atoms with van der Waals surface area (Å²) in [7, 11) is 0. The molecule has 2 aromatic rings. The van der Waals surface area contributed by atoms with Crippen molar-refractivity contribution in [1.29, 1.82) is 0 Å². The minimum absolute atomic E-state index is 0.0883. The van der Waals surface area contributed by atoms with Crippen molar-refractivity contribution in [2.24, 2.45) is 5.92 Å². The van der Waals surface area contributed by atoms with Gasteiger partial charge in [-0.3, -0.25) is 4.79 Å². The maximum atomic E-state index is 13.5. The van der Waals surface area contributed by atoms with Gasteiger partial charge in [-0.2, -0.15) is 0 Å². The van der Waals surface area contributed by atoms with Crippen molar-refractivity contribution in [2.45, 2.75) is 19.4 Å². The molecule has 6 heteroatoms. The number of benzene rings is 1. The Morgan fingerprint density at radius 3 is 2.62 bits per heavy atom. The number of amides is 1. The number of rotatable bonds is 3. The fourth-order valence-electron chi connectivity index (χ4n) is 3.12. The Balaban J connectivity index is 1.92. The standard InChI is InChI=1S/C18H17FN2O3/c1-11-8-16(12-4-2-5-13(19)9-12)21(10-11)17(22)14-6-3-7-15(20-14)18(23)24/h2-7,9,11,16H,8,10H2,1H3,(H,23,24). The molecule has 1 aliphatic heterocycles. The van der Waals surface area contributed by atoms with Gasteiger partial charge in [0, 0.05) is 6.54 Å². The van der Waals surface area contributed by atoms with E-state index in [0.29, 0.717) is 6.54 Å². The molecule has 1 aromatic heterocycles. The molecule has 1 aliphatic rings. The Kier molecular flexibility index (Phi) is 4.29. The van der Waals surface area contributed by atoms with Crippen LogP contribution in [0.2, 0.25) is 0 Å². The number of aromatic nitrogens is 1. The highest BCUT2D eigenvalue weighted by Gasteiger charge is 2.35. The lowest BCUT2D eigenvalue weighted by Gasteiger charge is -2.25. The molecule has 1 aromatic carbocycles. The predicted octanol–water partition coefficient (Wildman–Crippen LogP) is 3.14.